The van der Waals surface area contributed by atoms with Crippen molar-refractivity contribution in [1.82, 2.24) is 5.32 Å². The van der Waals surface area contributed by atoms with Crippen molar-refractivity contribution in [3.05, 3.63) is 29.8 Å². The fourth-order valence-corrected chi connectivity index (χ4v) is 2.69. The SMILES string of the molecule is COC(O)C(NC(=O)OC(C)(C)C)c1ccc(OC(=O)CCS(=O)(=O)OC)cc1. The largest absolute Gasteiger partial charge is 0.444 e. The Balaban J connectivity index is 2.81. The number of aliphatic hydroxyl groups excluding tert-OH is 1. The third kappa shape index (κ3) is 9.22. The number of benzene rings is 1. The molecular weight excluding hydrogens is 406 g/mol. The van der Waals surface area contributed by atoms with Crippen molar-refractivity contribution in [2.75, 3.05) is 20.0 Å². The third-order valence-electron chi connectivity index (χ3n) is 3.48. The summed E-state index contributed by atoms with van der Waals surface area (Å²) in [6, 6.07) is 4.96. The standard InChI is InChI=1S/C18H27NO9S/c1-18(2,3)28-17(22)19-15(16(21)25-4)12-6-8-13(9-7-12)27-14(20)10-11-29(23,24)26-5/h6-9,15-16,21H,10-11H2,1-5H3,(H,19,22). The quantitative estimate of drug-likeness (QED) is 0.257. The number of methoxy groups -OCH3 is 1. The number of nitrogens with one attached hydrogen (secondary N) is 1. The van der Waals surface area contributed by atoms with Gasteiger partial charge in [0.25, 0.3) is 10.1 Å². The molecule has 1 amide bonds. The van der Waals surface area contributed by atoms with Crippen molar-refractivity contribution in [3.63, 3.8) is 0 Å². The number of amides is 1. The highest BCUT2D eigenvalue weighted by Gasteiger charge is 2.26. The Hall–Kier alpha value is -2.21. The molecule has 0 aromatic heterocycles. The first-order valence-electron chi connectivity index (χ1n) is 8.66. The Morgan fingerprint density at radius 3 is 2.21 bits per heavy atom. The number of rotatable bonds is 9. The van der Waals surface area contributed by atoms with Gasteiger partial charge < -0.3 is 24.6 Å². The molecule has 2 unspecified atom stereocenters. The van der Waals surface area contributed by atoms with Crippen LogP contribution in [0.5, 0.6) is 5.75 Å². The maximum absolute atomic E-state index is 12.0. The molecule has 1 aromatic carbocycles. The zero-order chi connectivity index (χ0) is 22.2. The Kier molecular flexibility index (Phi) is 9.02. The molecule has 2 atom stereocenters. The summed E-state index contributed by atoms with van der Waals surface area (Å²) >= 11 is 0. The molecule has 0 fully saturated rings. The predicted molar refractivity (Wildman–Crippen MR) is 103 cm³/mol. The van der Waals surface area contributed by atoms with Crippen LogP contribution in [0.2, 0.25) is 0 Å². The molecule has 11 heteroatoms. The van der Waals surface area contributed by atoms with E-state index >= 15 is 0 Å². The summed E-state index contributed by atoms with van der Waals surface area (Å²) in [5.41, 5.74) is -0.256. The molecule has 0 heterocycles. The van der Waals surface area contributed by atoms with E-state index in [1.165, 1.54) is 31.4 Å². The average molecular weight is 433 g/mol. The number of hydrogen-bond acceptors (Lipinski definition) is 9. The van der Waals surface area contributed by atoms with Crippen molar-refractivity contribution in [2.45, 2.75) is 45.1 Å². The maximum Gasteiger partial charge on any atom is 0.408 e. The van der Waals surface area contributed by atoms with Gasteiger partial charge in [0.15, 0.2) is 6.29 Å². The van der Waals surface area contributed by atoms with E-state index in [1.807, 2.05) is 0 Å². The lowest BCUT2D eigenvalue weighted by molar-refractivity contribution is -0.133. The van der Waals surface area contributed by atoms with Gasteiger partial charge in [0.2, 0.25) is 0 Å². The molecule has 29 heavy (non-hydrogen) atoms. The monoisotopic (exact) mass is 433 g/mol. The molecule has 0 radical (unpaired) electrons. The number of carbonyl (C=O) groups is 2. The number of alkyl carbamates (subject to hydrolysis) is 1. The summed E-state index contributed by atoms with van der Waals surface area (Å²) in [6.45, 7) is 5.11. The number of carbonyl (C=O) groups excluding carboxylic acids is 2. The number of hydrogen-bond donors (Lipinski definition) is 2. The van der Waals surface area contributed by atoms with E-state index < -0.39 is 45.9 Å². The van der Waals surface area contributed by atoms with Gasteiger partial charge in [-0.25, -0.2) is 4.79 Å². The fraction of sp³-hybridized carbons (Fsp3) is 0.556. The zero-order valence-electron chi connectivity index (χ0n) is 17.0. The van der Waals surface area contributed by atoms with Crippen LogP contribution >= 0.6 is 0 Å². The van der Waals surface area contributed by atoms with Gasteiger partial charge in [-0.15, -0.1) is 0 Å². The van der Waals surface area contributed by atoms with Gasteiger partial charge in [0.05, 0.1) is 19.3 Å². The normalized spacial score (nSPS) is 14.0. The van der Waals surface area contributed by atoms with Crippen molar-refractivity contribution in [2.24, 2.45) is 0 Å². The second-order valence-corrected chi connectivity index (χ2v) is 8.83. The molecule has 0 spiro atoms. The lowest BCUT2D eigenvalue weighted by atomic mass is 10.1. The Labute approximate surface area is 170 Å². The van der Waals surface area contributed by atoms with Crippen LogP contribution in [0.1, 0.15) is 38.8 Å². The molecule has 1 rings (SSSR count). The van der Waals surface area contributed by atoms with Crippen LogP contribution in [0.25, 0.3) is 0 Å². The first-order valence-corrected chi connectivity index (χ1v) is 10.2. The Bertz CT molecular complexity index is 785. The highest BCUT2D eigenvalue weighted by atomic mass is 32.2. The molecule has 2 N–H and O–H groups in total. The minimum atomic E-state index is -3.76. The Morgan fingerprint density at radius 2 is 1.72 bits per heavy atom. The first-order chi connectivity index (χ1) is 13.4. The summed E-state index contributed by atoms with van der Waals surface area (Å²) in [7, 11) is -1.47. The molecule has 0 bridgehead atoms. The summed E-state index contributed by atoms with van der Waals surface area (Å²) in [4.78, 5) is 23.8. The van der Waals surface area contributed by atoms with Crippen LogP contribution in [-0.4, -0.2) is 57.5 Å². The van der Waals surface area contributed by atoms with Crippen molar-refractivity contribution >= 4 is 22.2 Å². The van der Waals surface area contributed by atoms with E-state index in [9.17, 15) is 23.1 Å². The van der Waals surface area contributed by atoms with E-state index in [0.717, 1.165) is 7.11 Å². The minimum Gasteiger partial charge on any atom is -0.444 e. The van der Waals surface area contributed by atoms with Crippen LogP contribution in [0.3, 0.4) is 0 Å². The molecule has 0 aliphatic heterocycles. The smallest absolute Gasteiger partial charge is 0.408 e. The number of esters is 1. The van der Waals surface area contributed by atoms with Gasteiger partial charge in [-0.1, -0.05) is 12.1 Å². The summed E-state index contributed by atoms with van der Waals surface area (Å²) in [5, 5.41) is 12.6. The maximum atomic E-state index is 12.0. The predicted octanol–water partition coefficient (Wildman–Crippen LogP) is 1.49. The third-order valence-corrected chi connectivity index (χ3v) is 4.69. The van der Waals surface area contributed by atoms with Crippen LogP contribution in [-0.2, 0) is 28.6 Å². The molecule has 164 valence electrons. The molecule has 1 aromatic rings. The molecule has 0 aliphatic carbocycles. The van der Waals surface area contributed by atoms with Gasteiger partial charge in [-0.2, -0.15) is 8.42 Å². The van der Waals surface area contributed by atoms with Crippen molar-refractivity contribution < 1.29 is 41.5 Å². The van der Waals surface area contributed by atoms with E-state index in [4.69, 9.17) is 14.2 Å². The molecule has 10 nitrogen and oxygen atoms in total. The van der Waals surface area contributed by atoms with E-state index in [2.05, 4.69) is 9.50 Å². The second-order valence-electron chi connectivity index (χ2n) is 6.97. The highest BCUT2D eigenvalue weighted by Crippen LogP contribution is 2.22. The summed E-state index contributed by atoms with van der Waals surface area (Å²) < 4.78 is 41.9. The van der Waals surface area contributed by atoms with Crippen LogP contribution in [0, 0.1) is 0 Å². The van der Waals surface area contributed by atoms with Crippen LogP contribution in [0.15, 0.2) is 24.3 Å². The lowest BCUT2D eigenvalue weighted by Gasteiger charge is -2.26. The minimum absolute atomic E-state index is 0.163. The summed E-state index contributed by atoms with van der Waals surface area (Å²) in [6.07, 6.45) is -2.47. The molecule has 0 saturated heterocycles. The van der Waals surface area contributed by atoms with E-state index in [1.54, 1.807) is 20.8 Å². The first kappa shape index (κ1) is 24.8. The van der Waals surface area contributed by atoms with Gasteiger partial charge >= 0.3 is 12.1 Å². The topological polar surface area (TPSA) is 137 Å². The molecule has 0 aliphatic rings. The Morgan fingerprint density at radius 1 is 1.14 bits per heavy atom. The van der Waals surface area contributed by atoms with Crippen molar-refractivity contribution in [3.8, 4) is 5.75 Å². The van der Waals surface area contributed by atoms with Crippen LogP contribution < -0.4 is 10.1 Å². The molecule has 0 saturated carbocycles. The highest BCUT2D eigenvalue weighted by molar-refractivity contribution is 7.86. The summed E-state index contributed by atoms with van der Waals surface area (Å²) in [5.74, 6) is -1.09. The number of ether oxygens (including phenoxy) is 3. The second kappa shape index (κ2) is 10.5. The zero-order valence-corrected chi connectivity index (χ0v) is 17.8. The average Bonchev–Trinajstić information content (AvgIpc) is 2.63. The van der Waals surface area contributed by atoms with Crippen molar-refractivity contribution in [1.29, 1.82) is 0 Å². The van der Waals surface area contributed by atoms with E-state index in [0.29, 0.717) is 5.56 Å². The molecular formula is C18H27NO9S. The fourth-order valence-electron chi connectivity index (χ4n) is 2.11. The van der Waals surface area contributed by atoms with Crippen LogP contribution in [0.4, 0.5) is 4.79 Å². The van der Waals surface area contributed by atoms with Gasteiger partial charge in [0, 0.05) is 7.11 Å². The lowest BCUT2D eigenvalue weighted by Crippen LogP contribution is -2.40. The number of aliphatic hydroxyl groups is 1. The van der Waals surface area contributed by atoms with E-state index in [-0.39, 0.29) is 12.2 Å². The van der Waals surface area contributed by atoms with Gasteiger partial charge in [0.1, 0.15) is 17.4 Å². The van der Waals surface area contributed by atoms with Gasteiger partial charge in [-0.3, -0.25) is 8.98 Å². The van der Waals surface area contributed by atoms with Gasteiger partial charge in [-0.05, 0) is 38.5 Å².